The molecule has 0 N–H and O–H groups in total. The van der Waals surface area contributed by atoms with Crippen molar-refractivity contribution in [2.45, 2.75) is 53.2 Å². The topological polar surface area (TPSA) is 117 Å². The molecule has 0 fully saturated rings. The maximum atomic E-state index is 13.2. The zero-order valence-corrected chi connectivity index (χ0v) is 25.5. The Bertz CT molecular complexity index is 1590. The van der Waals surface area contributed by atoms with Crippen LogP contribution in [0.2, 0.25) is 0 Å². The normalized spacial score (nSPS) is 11.0. The SMILES string of the molecule is CC(=O)Oc1cccc(OC(=O)N(CC(=O)OC(C)(C)C)Cc2cccc(OCCc3nc(-c4ccccc4)oc3C)c2)c1. The van der Waals surface area contributed by atoms with Crippen molar-refractivity contribution in [3.63, 3.8) is 0 Å². The molecule has 44 heavy (non-hydrogen) atoms. The highest BCUT2D eigenvalue weighted by atomic mass is 16.6. The molecular weight excluding hydrogens is 564 g/mol. The summed E-state index contributed by atoms with van der Waals surface area (Å²) in [5, 5.41) is 0. The van der Waals surface area contributed by atoms with E-state index in [2.05, 4.69) is 4.98 Å². The molecular formula is C34H36N2O8. The number of hydrogen-bond donors (Lipinski definition) is 0. The van der Waals surface area contributed by atoms with Crippen LogP contribution in [0.15, 0.2) is 83.3 Å². The zero-order chi connectivity index (χ0) is 31.7. The first kappa shape index (κ1) is 31.8. The molecule has 230 valence electrons. The predicted octanol–water partition coefficient (Wildman–Crippen LogP) is 6.54. The largest absolute Gasteiger partial charge is 0.493 e. The van der Waals surface area contributed by atoms with E-state index in [1.54, 1.807) is 51.1 Å². The van der Waals surface area contributed by atoms with Crippen LogP contribution in [-0.4, -0.2) is 46.7 Å². The second kappa shape index (κ2) is 14.4. The van der Waals surface area contributed by atoms with E-state index >= 15 is 0 Å². The van der Waals surface area contributed by atoms with Gasteiger partial charge in [-0.15, -0.1) is 0 Å². The van der Waals surface area contributed by atoms with Gasteiger partial charge in [-0.25, -0.2) is 9.78 Å². The number of nitrogens with zero attached hydrogens (tertiary/aromatic N) is 2. The Morgan fingerprint density at radius 3 is 2.25 bits per heavy atom. The van der Waals surface area contributed by atoms with Crippen LogP contribution in [-0.2, 0) is 27.3 Å². The quantitative estimate of drug-likeness (QED) is 0.140. The third kappa shape index (κ3) is 9.72. The summed E-state index contributed by atoms with van der Waals surface area (Å²) in [7, 11) is 0. The van der Waals surface area contributed by atoms with Gasteiger partial charge in [-0.1, -0.05) is 36.4 Å². The fraction of sp³-hybridized carbons (Fsp3) is 0.294. The molecule has 0 atom stereocenters. The van der Waals surface area contributed by atoms with Gasteiger partial charge in [-0.2, -0.15) is 0 Å². The number of benzene rings is 3. The minimum absolute atomic E-state index is 0.0434. The summed E-state index contributed by atoms with van der Waals surface area (Å²) in [5.41, 5.74) is 1.69. The highest BCUT2D eigenvalue weighted by Gasteiger charge is 2.24. The van der Waals surface area contributed by atoms with Crippen LogP contribution in [0.25, 0.3) is 11.5 Å². The first-order valence-corrected chi connectivity index (χ1v) is 14.2. The molecule has 0 aliphatic rings. The minimum atomic E-state index is -0.780. The van der Waals surface area contributed by atoms with Crippen molar-refractivity contribution >= 4 is 18.0 Å². The summed E-state index contributed by atoms with van der Waals surface area (Å²) < 4.78 is 27.9. The van der Waals surface area contributed by atoms with E-state index in [-0.39, 0.29) is 24.6 Å². The van der Waals surface area contributed by atoms with Gasteiger partial charge in [-0.3, -0.25) is 14.5 Å². The summed E-state index contributed by atoms with van der Waals surface area (Å²) in [4.78, 5) is 43.1. The Hall–Kier alpha value is -5.12. The van der Waals surface area contributed by atoms with Gasteiger partial charge in [0.15, 0.2) is 0 Å². The molecule has 0 bridgehead atoms. The van der Waals surface area contributed by atoms with Crippen molar-refractivity contribution in [2.24, 2.45) is 0 Å². The first-order valence-electron chi connectivity index (χ1n) is 14.2. The average Bonchev–Trinajstić information content (AvgIpc) is 3.32. The number of hydrogen-bond acceptors (Lipinski definition) is 9. The summed E-state index contributed by atoms with van der Waals surface area (Å²) >= 11 is 0. The zero-order valence-electron chi connectivity index (χ0n) is 25.5. The van der Waals surface area contributed by atoms with Gasteiger partial charge >= 0.3 is 18.0 Å². The Kier molecular flexibility index (Phi) is 10.4. The summed E-state index contributed by atoms with van der Waals surface area (Å²) in [6.45, 7) is 8.44. The molecule has 0 spiro atoms. The smallest absolute Gasteiger partial charge is 0.416 e. The van der Waals surface area contributed by atoms with E-state index in [0.717, 1.165) is 17.0 Å². The Labute approximate surface area is 256 Å². The van der Waals surface area contributed by atoms with Crippen molar-refractivity contribution in [3.05, 3.63) is 95.9 Å². The van der Waals surface area contributed by atoms with E-state index in [4.69, 9.17) is 23.4 Å². The van der Waals surface area contributed by atoms with Crippen LogP contribution >= 0.6 is 0 Å². The maximum Gasteiger partial charge on any atom is 0.416 e. The number of carbonyl (C=O) groups is 3. The summed E-state index contributed by atoms with van der Waals surface area (Å²) in [6, 6.07) is 23.0. The fourth-order valence-corrected chi connectivity index (χ4v) is 4.23. The Balaban J connectivity index is 1.42. The number of amides is 1. The van der Waals surface area contributed by atoms with Gasteiger partial charge in [0.2, 0.25) is 5.89 Å². The maximum absolute atomic E-state index is 13.2. The monoisotopic (exact) mass is 600 g/mol. The van der Waals surface area contributed by atoms with Gasteiger partial charge < -0.3 is 23.4 Å². The van der Waals surface area contributed by atoms with Crippen molar-refractivity contribution < 1.29 is 37.7 Å². The number of esters is 2. The lowest BCUT2D eigenvalue weighted by Crippen LogP contribution is -2.39. The van der Waals surface area contributed by atoms with E-state index in [1.807, 2.05) is 49.4 Å². The lowest BCUT2D eigenvalue weighted by atomic mass is 10.2. The van der Waals surface area contributed by atoms with Crippen LogP contribution < -0.4 is 14.2 Å². The highest BCUT2D eigenvalue weighted by molar-refractivity contribution is 5.79. The van der Waals surface area contributed by atoms with Crippen LogP contribution in [0, 0.1) is 6.92 Å². The van der Waals surface area contributed by atoms with Crippen LogP contribution in [0.1, 0.15) is 44.7 Å². The van der Waals surface area contributed by atoms with Crippen LogP contribution in [0.4, 0.5) is 4.79 Å². The fourth-order valence-electron chi connectivity index (χ4n) is 4.23. The molecule has 4 aromatic rings. The molecule has 0 unspecified atom stereocenters. The third-order valence-corrected chi connectivity index (χ3v) is 6.06. The molecule has 1 amide bonds. The second-order valence-electron chi connectivity index (χ2n) is 11.0. The van der Waals surface area contributed by atoms with E-state index in [0.29, 0.717) is 30.2 Å². The van der Waals surface area contributed by atoms with E-state index < -0.39 is 23.6 Å². The van der Waals surface area contributed by atoms with Gasteiger partial charge in [-0.05, 0) is 69.7 Å². The minimum Gasteiger partial charge on any atom is -0.493 e. The van der Waals surface area contributed by atoms with Gasteiger partial charge in [0.05, 0.1) is 12.3 Å². The van der Waals surface area contributed by atoms with Crippen molar-refractivity contribution in [2.75, 3.05) is 13.2 Å². The van der Waals surface area contributed by atoms with Crippen molar-refractivity contribution in [1.29, 1.82) is 0 Å². The molecule has 0 radical (unpaired) electrons. The molecule has 0 aliphatic heterocycles. The average molecular weight is 601 g/mol. The number of rotatable bonds is 11. The predicted molar refractivity (Wildman–Crippen MR) is 162 cm³/mol. The highest BCUT2D eigenvalue weighted by Crippen LogP contribution is 2.24. The Morgan fingerprint density at radius 1 is 0.864 bits per heavy atom. The Morgan fingerprint density at radius 2 is 1.55 bits per heavy atom. The molecule has 3 aromatic carbocycles. The number of aryl methyl sites for hydroxylation is 1. The van der Waals surface area contributed by atoms with Crippen molar-refractivity contribution in [1.82, 2.24) is 9.88 Å². The van der Waals surface area contributed by atoms with Gasteiger partial charge in [0.1, 0.15) is 35.2 Å². The molecule has 0 saturated carbocycles. The lowest BCUT2D eigenvalue weighted by Gasteiger charge is -2.25. The number of oxazole rings is 1. The molecule has 4 rings (SSSR count). The molecule has 1 heterocycles. The summed E-state index contributed by atoms with van der Waals surface area (Å²) in [6.07, 6.45) is -0.242. The summed E-state index contributed by atoms with van der Waals surface area (Å²) in [5.74, 6) is 1.17. The number of carbonyl (C=O) groups excluding carboxylic acids is 3. The number of ether oxygens (including phenoxy) is 4. The van der Waals surface area contributed by atoms with Crippen molar-refractivity contribution in [3.8, 4) is 28.7 Å². The standard InChI is InChI=1S/C34H36N2O8/c1-23-30(35-32(41-23)26-12-7-6-8-13-26)17-18-40-27-14-9-11-25(19-27)21-36(22-31(38)44-34(3,4)5)33(39)43-29-16-10-15-28(20-29)42-24(2)37/h6-16,19-20H,17-18,21-22H2,1-5H3. The first-order chi connectivity index (χ1) is 20.9. The van der Waals surface area contributed by atoms with Crippen LogP contribution in [0.5, 0.6) is 17.2 Å². The second-order valence-corrected chi connectivity index (χ2v) is 11.0. The molecule has 0 aliphatic carbocycles. The van der Waals surface area contributed by atoms with Crippen LogP contribution in [0.3, 0.4) is 0 Å². The molecule has 10 nitrogen and oxygen atoms in total. The van der Waals surface area contributed by atoms with E-state index in [9.17, 15) is 14.4 Å². The third-order valence-electron chi connectivity index (χ3n) is 6.06. The molecule has 1 aromatic heterocycles. The molecule has 10 heteroatoms. The lowest BCUT2D eigenvalue weighted by molar-refractivity contribution is -0.155. The van der Waals surface area contributed by atoms with Gasteiger partial charge in [0.25, 0.3) is 0 Å². The van der Waals surface area contributed by atoms with Gasteiger partial charge in [0, 0.05) is 31.5 Å². The van der Waals surface area contributed by atoms with E-state index in [1.165, 1.54) is 17.9 Å². The molecule has 0 saturated heterocycles. The number of aromatic nitrogens is 1.